The standard InChI is InChI=1S/C12H20ClNO3/c1-11(2)6-8(17-10(16)9(13)15)7-12(3,4)14(11)5/h8H,6-7H2,1-5H3. The van der Waals surface area contributed by atoms with Crippen LogP contribution < -0.4 is 0 Å². The van der Waals surface area contributed by atoms with E-state index in [4.69, 9.17) is 16.3 Å². The number of esters is 1. The first-order valence-electron chi connectivity index (χ1n) is 5.71. The predicted molar refractivity (Wildman–Crippen MR) is 65.9 cm³/mol. The Balaban J connectivity index is 2.78. The molecule has 0 aromatic carbocycles. The molecule has 0 N–H and O–H groups in total. The lowest BCUT2D eigenvalue weighted by Gasteiger charge is -2.53. The van der Waals surface area contributed by atoms with Gasteiger partial charge in [-0.2, -0.15) is 0 Å². The molecule has 0 atom stereocenters. The lowest BCUT2D eigenvalue weighted by atomic mass is 9.79. The van der Waals surface area contributed by atoms with E-state index < -0.39 is 11.2 Å². The zero-order valence-corrected chi connectivity index (χ0v) is 11.8. The number of rotatable bonds is 2. The van der Waals surface area contributed by atoms with Crippen LogP contribution in [0, 0.1) is 0 Å². The maximum absolute atomic E-state index is 11.2. The van der Waals surface area contributed by atoms with E-state index in [9.17, 15) is 9.59 Å². The van der Waals surface area contributed by atoms with Crippen LogP contribution in [-0.2, 0) is 14.3 Å². The van der Waals surface area contributed by atoms with Crippen molar-refractivity contribution < 1.29 is 14.3 Å². The van der Waals surface area contributed by atoms with Crippen LogP contribution >= 0.6 is 11.6 Å². The Morgan fingerprint density at radius 1 is 1.18 bits per heavy atom. The summed E-state index contributed by atoms with van der Waals surface area (Å²) in [6.07, 6.45) is 1.14. The van der Waals surface area contributed by atoms with Crippen LogP contribution in [0.1, 0.15) is 40.5 Å². The van der Waals surface area contributed by atoms with Crippen molar-refractivity contribution in [1.82, 2.24) is 4.90 Å². The number of nitrogens with zero attached hydrogens (tertiary/aromatic N) is 1. The van der Waals surface area contributed by atoms with E-state index in [0.29, 0.717) is 12.8 Å². The monoisotopic (exact) mass is 261 g/mol. The fraction of sp³-hybridized carbons (Fsp3) is 0.833. The van der Waals surface area contributed by atoms with E-state index in [1.165, 1.54) is 0 Å². The number of ether oxygens (including phenoxy) is 1. The van der Waals surface area contributed by atoms with Crippen LogP contribution in [0.5, 0.6) is 0 Å². The Kier molecular flexibility index (Phi) is 3.89. The van der Waals surface area contributed by atoms with Gasteiger partial charge in [-0.05, 0) is 46.3 Å². The van der Waals surface area contributed by atoms with Gasteiger partial charge in [-0.1, -0.05) is 0 Å². The van der Waals surface area contributed by atoms with Crippen molar-refractivity contribution in [2.75, 3.05) is 7.05 Å². The molecule has 0 saturated carbocycles. The van der Waals surface area contributed by atoms with Gasteiger partial charge in [-0.15, -0.1) is 0 Å². The van der Waals surface area contributed by atoms with E-state index in [1.807, 2.05) is 0 Å². The number of hydrogen-bond acceptors (Lipinski definition) is 4. The van der Waals surface area contributed by atoms with E-state index in [1.54, 1.807) is 0 Å². The second-order valence-corrected chi connectivity index (χ2v) is 6.24. The van der Waals surface area contributed by atoms with E-state index in [2.05, 4.69) is 39.6 Å². The van der Waals surface area contributed by atoms with Crippen LogP contribution in [-0.4, -0.2) is 40.3 Å². The molecule has 1 heterocycles. The molecular weight excluding hydrogens is 242 g/mol. The van der Waals surface area contributed by atoms with Gasteiger partial charge in [-0.25, -0.2) is 4.79 Å². The number of carbonyl (C=O) groups excluding carboxylic acids is 2. The van der Waals surface area contributed by atoms with Crippen LogP contribution in [0.2, 0.25) is 0 Å². The molecule has 0 aromatic rings. The summed E-state index contributed by atoms with van der Waals surface area (Å²) in [6, 6.07) is 0. The maximum atomic E-state index is 11.2. The van der Waals surface area contributed by atoms with Crippen molar-refractivity contribution in [2.45, 2.75) is 57.7 Å². The molecule has 98 valence electrons. The summed E-state index contributed by atoms with van der Waals surface area (Å²) < 4.78 is 5.13. The van der Waals surface area contributed by atoms with Crippen LogP contribution in [0.15, 0.2) is 0 Å². The average Bonchev–Trinajstić information content (AvgIpc) is 2.12. The first kappa shape index (κ1) is 14.5. The Labute approximate surface area is 107 Å². The van der Waals surface area contributed by atoms with Crippen molar-refractivity contribution in [3.63, 3.8) is 0 Å². The van der Waals surface area contributed by atoms with E-state index in [-0.39, 0.29) is 17.2 Å². The molecule has 0 amide bonds. The minimum absolute atomic E-state index is 0.0813. The Hall–Kier alpha value is -0.610. The minimum Gasteiger partial charge on any atom is -0.456 e. The van der Waals surface area contributed by atoms with Crippen molar-refractivity contribution in [3.05, 3.63) is 0 Å². The Morgan fingerprint density at radius 2 is 1.59 bits per heavy atom. The molecular formula is C12H20ClNO3. The summed E-state index contributed by atoms with van der Waals surface area (Å²) >= 11 is 5.09. The molecule has 17 heavy (non-hydrogen) atoms. The summed E-state index contributed by atoms with van der Waals surface area (Å²) in [5.41, 5.74) is -0.163. The summed E-state index contributed by atoms with van der Waals surface area (Å²) in [7, 11) is 2.06. The largest absolute Gasteiger partial charge is 0.456 e. The average molecular weight is 262 g/mol. The second-order valence-electron chi connectivity index (χ2n) is 5.89. The molecule has 0 radical (unpaired) electrons. The highest BCUT2D eigenvalue weighted by Gasteiger charge is 2.44. The van der Waals surface area contributed by atoms with Crippen molar-refractivity contribution in [1.29, 1.82) is 0 Å². The quantitative estimate of drug-likeness (QED) is 0.433. The number of hydrogen-bond donors (Lipinski definition) is 0. The van der Waals surface area contributed by atoms with Gasteiger partial charge in [0.15, 0.2) is 0 Å². The van der Waals surface area contributed by atoms with Gasteiger partial charge >= 0.3 is 11.2 Å². The minimum atomic E-state index is -1.06. The van der Waals surface area contributed by atoms with Gasteiger partial charge < -0.3 is 4.74 Å². The number of carbonyl (C=O) groups is 2. The molecule has 5 heteroatoms. The Bertz CT molecular complexity index is 321. The first-order valence-corrected chi connectivity index (χ1v) is 6.08. The lowest BCUT2D eigenvalue weighted by Crippen LogP contribution is -2.60. The fourth-order valence-electron chi connectivity index (χ4n) is 2.56. The normalized spacial score (nSPS) is 24.4. The third-order valence-electron chi connectivity index (χ3n) is 3.70. The molecule has 1 saturated heterocycles. The molecule has 0 spiro atoms. The third-order valence-corrected chi connectivity index (χ3v) is 3.86. The molecule has 4 nitrogen and oxygen atoms in total. The van der Waals surface area contributed by atoms with Crippen LogP contribution in [0.4, 0.5) is 0 Å². The van der Waals surface area contributed by atoms with Gasteiger partial charge in [-0.3, -0.25) is 9.69 Å². The summed E-state index contributed by atoms with van der Waals surface area (Å²) in [5.74, 6) is -0.951. The fourth-order valence-corrected chi connectivity index (χ4v) is 2.61. The molecule has 1 aliphatic rings. The topological polar surface area (TPSA) is 46.6 Å². The van der Waals surface area contributed by atoms with Gasteiger partial charge in [0.05, 0.1) is 0 Å². The third kappa shape index (κ3) is 3.19. The molecule has 1 aliphatic heterocycles. The highest BCUT2D eigenvalue weighted by atomic mass is 35.5. The van der Waals surface area contributed by atoms with Crippen LogP contribution in [0.25, 0.3) is 0 Å². The molecule has 0 aromatic heterocycles. The van der Waals surface area contributed by atoms with Gasteiger partial charge in [0.25, 0.3) is 0 Å². The lowest BCUT2D eigenvalue weighted by molar-refractivity contribution is -0.162. The number of halogens is 1. The van der Waals surface area contributed by atoms with E-state index in [0.717, 1.165) is 0 Å². The maximum Gasteiger partial charge on any atom is 0.391 e. The SMILES string of the molecule is CN1C(C)(C)CC(OC(=O)C(=O)Cl)CC1(C)C. The van der Waals surface area contributed by atoms with Gasteiger partial charge in [0, 0.05) is 23.9 Å². The van der Waals surface area contributed by atoms with Crippen molar-refractivity contribution >= 4 is 22.8 Å². The predicted octanol–water partition coefficient (Wildman–Crippen LogP) is 1.95. The van der Waals surface area contributed by atoms with E-state index >= 15 is 0 Å². The molecule has 0 bridgehead atoms. The highest BCUT2D eigenvalue weighted by Crippen LogP contribution is 2.38. The van der Waals surface area contributed by atoms with Gasteiger partial charge in [0.1, 0.15) is 6.10 Å². The molecule has 1 fully saturated rings. The summed E-state index contributed by atoms with van der Waals surface area (Å²) in [5, 5.41) is -1.06. The second kappa shape index (κ2) is 4.58. The highest BCUT2D eigenvalue weighted by molar-refractivity contribution is 6.80. The summed E-state index contributed by atoms with van der Waals surface area (Å²) in [4.78, 5) is 24.2. The molecule has 0 aliphatic carbocycles. The molecule has 0 unspecified atom stereocenters. The molecule has 1 rings (SSSR count). The summed E-state index contributed by atoms with van der Waals surface area (Å²) in [6.45, 7) is 8.38. The zero-order valence-electron chi connectivity index (χ0n) is 11.0. The van der Waals surface area contributed by atoms with Gasteiger partial charge in [0.2, 0.25) is 0 Å². The van der Waals surface area contributed by atoms with Crippen molar-refractivity contribution in [3.8, 4) is 0 Å². The number of piperidine rings is 1. The van der Waals surface area contributed by atoms with Crippen LogP contribution in [0.3, 0.4) is 0 Å². The smallest absolute Gasteiger partial charge is 0.391 e. The Morgan fingerprint density at radius 3 is 1.94 bits per heavy atom. The zero-order chi connectivity index (χ0) is 13.4. The first-order chi connectivity index (χ1) is 7.56. The number of likely N-dealkylation sites (tertiary alicyclic amines) is 1. The van der Waals surface area contributed by atoms with Crippen molar-refractivity contribution in [2.24, 2.45) is 0 Å².